The van der Waals surface area contributed by atoms with Crippen LogP contribution in [0.25, 0.3) is 0 Å². The number of H-pyrrole nitrogens is 1. The average molecular weight is 345 g/mol. The maximum Gasteiger partial charge on any atom is 0.321 e. The molecule has 1 aromatic heterocycles. The fourth-order valence-electron chi connectivity index (χ4n) is 2.82. The van der Waals surface area contributed by atoms with Gasteiger partial charge < -0.3 is 15.1 Å². The number of nitrogens with one attached hydrogen (secondary N) is 2. The van der Waals surface area contributed by atoms with Crippen LogP contribution in [0.3, 0.4) is 0 Å². The molecule has 7 nitrogen and oxygen atoms in total. The van der Waals surface area contributed by atoms with Gasteiger partial charge in [0.25, 0.3) is 5.91 Å². The number of halogens is 1. The number of aromatic amines is 1. The summed E-state index contributed by atoms with van der Waals surface area (Å²) >= 11 is 0. The van der Waals surface area contributed by atoms with Gasteiger partial charge in [0, 0.05) is 44.5 Å². The minimum absolute atomic E-state index is 0.107. The molecule has 1 atom stereocenters. The topological polar surface area (TPSA) is 81.3 Å². The third kappa shape index (κ3) is 3.78. The van der Waals surface area contributed by atoms with Gasteiger partial charge in [0.2, 0.25) is 0 Å². The van der Waals surface area contributed by atoms with E-state index in [0.717, 1.165) is 12.1 Å². The number of amides is 3. The monoisotopic (exact) mass is 345 g/mol. The summed E-state index contributed by atoms with van der Waals surface area (Å²) in [6.07, 6.45) is 0.786. The van der Waals surface area contributed by atoms with Gasteiger partial charge in [-0.3, -0.25) is 9.89 Å². The molecule has 25 heavy (non-hydrogen) atoms. The fraction of sp³-hybridized carbons (Fsp3) is 0.353. The van der Waals surface area contributed by atoms with Crippen molar-refractivity contribution in [3.05, 3.63) is 47.5 Å². The van der Waals surface area contributed by atoms with E-state index in [9.17, 15) is 14.0 Å². The lowest BCUT2D eigenvalue weighted by Crippen LogP contribution is -2.32. The molecule has 0 bridgehead atoms. The number of likely N-dealkylation sites (tertiary alicyclic amines) is 1. The Kier molecular flexibility index (Phi) is 4.69. The van der Waals surface area contributed by atoms with E-state index in [4.69, 9.17) is 0 Å². The van der Waals surface area contributed by atoms with E-state index in [-0.39, 0.29) is 23.7 Å². The van der Waals surface area contributed by atoms with E-state index in [1.807, 2.05) is 0 Å². The Morgan fingerprint density at radius 2 is 2.04 bits per heavy atom. The molecule has 3 rings (SSSR count). The van der Waals surface area contributed by atoms with Gasteiger partial charge in [-0.05, 0) is 36.8 Å². The molecule has 0 saturated carbocycles. The summed E-state index contributed by atoms with van der Waals surface area (Å²) in [5.41, 5.74) is 1.77. The Morgan fingerprint density at radius 3 is 2.72 bits per heavy atom. The first kappa shape index (κ1) is 16.9. The van der Waals surface area contributed by atoms with Crippen LogP contribution in [-0.4, -0.2) is 59.1 Å². The Bertz CT molecular complexity index is 772. The highest BCUT2D eigenvalue weighted by molar-refractivity contribution is 5.92. The molecule has 8 heteroatoms. The van der Waals surface area contributed by atoms with Crippen molar-refractivity contribution in [3.8, 4) is 0 Å². The maximum absolute atomic E-state index is 12.9. The van der Waals surface area contributed by atoms with Crippen LogP contribution < -0.4 is 5.32 Å². The molecule has 1 aromatic carbocycles. The van der Waals surface area contributed by atoms with Gasteiger partial charge in [-0.2, -0.15) is 5.10 Å². The highest BCUT2D eigenvalue weighted by Gasteiger charge is 2.29. The zero-order valence-electron chi connectivity index (χ0n) is 14.1. The number of carbonyl (C=O) groups is 2. The zero-order chi connectivity index (χ0) is 18.0. The standard InChI is InChI=1S/C17H20FN5O2/c1-22(2)16(24)15-9-14(20-21-15)11-7-8-23(10-11)17(25)19-13-5-3-12(18)4-6-13/h3-6,9,11H,7-8,10H2,1-2H3,(H,19,25)(H,20,21). The van der Waals surface area contributed by atoms with Crippen LogP contribution in [0.5, 0.6) is 0 Å². The van der Waals surface area contributed by atoms with Crippen LogP contribution in [0, 0.1) is 5.82 Å². The number of benzene rings is 1. The second kappa shape index (κ2) is 6.92. The van der Waals surface area contributed by atoms with Crippen LogP contribution in [0.1, 0.15) is 28.5 Å². The first-order valence-corrected chi connectivity index (χ1v) is 8.02. The second-order valence-corrected chi connectivity index (χ2v) is 6.28. The number of carbonyl (C=O) groups excluding carboxylic acids is 2. The molecule has 1 aliphatic heterocycles. The van der Waals surface area contributed by atoms with E-state index in [1.54, 1.807) is 25.1 Å². The van der Waals surface area contributed by atoms with E-state index in [1.165, 1.54) is 29.2 Å². The number of aromatic nitrogens is 2. The summed E-state index contributed by atoms with van der Waals surface area (Å²) < 4.78 is 12.9. The van der Waals surface area contributed by atoms with E-state index >= 15 is 0 Å². The number of hydrogen-bond acceptors (Lipinski definition) is 3. The molecule has 1 saturated heterocycles. The normalized spacial score (nSPS) is 16.8. The summed E-state index contributed by atoms with van der Waals surface area (Å²) in [6, 6.07) is 7.17. The third-order valence-corrected chi connectivity index (χ3v) is 4.23. The minimum atomic E-state index is -0.346. The molecule has 0 spiro atoms. The summed E-state index contributed by atoms with van der Waals surface area (Å²) in [5, 5.41) is 9.71. The lowest BCUT2D eigenvalue weighted by molar-refractivity contribution is 0.0822. The number of nitrogens with zero attached hydrogens (tertiary/aromatic N) is 3. The molecular formula is C17H20FN5O2. The largest absolute Gasteiger partial charge is 0.343 e. The van der Waals surface area contributed by atoms with Crippen molar-refractivity contribution < 1.29 is 14.0 Å². The van der Waals surface area contributed by atoms with Gasteiger partial charge in [0.05, 0.1) is 0 Å². The van der Waals surface area contributed by atoms with Crippen LogP contribution in [0.2, 0.25) is 0 Å². The minimum Gasteiger partial charge on any atom is -0.343 e. The molecule has 2 N–H and O–H groups in total. The maximum atomic E-state index is 12.9. The van der Waals surface area contributed by atoms with Gasteiger partial charge in [0.15, 0.2) is 0 Å². The molecule has 2 aromatic rings. The van der Waals surface area contributed by atoms with E-state index in [0.29, 0.717) is 24.5 Å². The van der Waals surface area contributed by atoms with Crippen LogP contribution >= 0.6 is 0 Å². The van der Waals surface area contributed by atoms with E-state index < -0.39 is 0 Å². The average Bonchev–Trinajstić information content (AvgIpc) is 3.25. The predicted molar refractivity (Wildman–Crippen MR) is 91.0 cm³/mol. The lowest BCUT2D eigenvalue weighted by atomic mass is 10.1. The smallest absolute Gasteiger partial charge is 0.321 e. The van der Waals surface area contributed by atoms with Gasteiger partial charge >= 0.3 is 6.03 Å². The van der Waals surface area contributed by atoms with Gasteiger partial charge in [-0.25, -0.2) is 9.18 Å². The highest BCUT2D eigenvalue weighted by atomic mass is 19.1. The Balaban J connectivity index is 1.60. The summed E-state index contributed by atoms with van der Waals surface area (Å²) in [5.74, 6) is -0.400. The van der Waals surface area contributed by atoms with Crippen molar-refractivity contribution in [1.29, 1.82) is 0 Å². The molecule has 132 valence electrons. The van der Waals surface area contributed by atoms with Crippen molar-refractivity contribution in [3.63, 3.8) is 0 Å². The number of rotatable bonds is 3. The molecule has 1 fully saturated rings. The molecule has 0 aliphatic carbocycles. The third-order valence-electron chi connectivity index (χ3n) is 4.23. The Hall–Kier alpha value is -2.90. The lowest BCUT2D eigenvalue weighted by Gasteiger charge is -2.17. The SMILES string of the molecule is CN(C)C(=O)c1cc(C2CCN(C(=O)Nc3ccc(F)cc3)C2)[nH]n1. The number of hydrogen-bond donors (Lipinski definition) is 2. The van der Waals surface area contributed by atoms with Gasteiger partial charge in [-0.15, -0.1) is 0 Å². The number of anilines is 1. The quantitative estimate of drug-likeness (QED) is 0.895. The fourth-order valence-corrected chi connectivity index (χ4v) is 2.82. The van der Waals surface area contributed by atoms with Crippen molar-refractivity contribution >= 4 is 17.6 Å². The first-order chi connectivity index (χ1) is 11.9. The molecular weight excluding hydrogens is 325 g/mol. The Labute approximate surface area is 144 Å². The van der Waals surface area contributed by atoms with Gasteiger partial charge in [-0.1, -0.05) is 0 Å². The summed E-state index contributed by atoms with van der Waals surface area (Å²) in [7, 11) is 3.35. The zero-order valence-corrected chi connectivity index (χ0v) is 14.1. The van der Waals surface area contributed by atoms with Crippen molar-refractivity contribution in [1.82, 2.24) is 20.0 Å². The Morgan fingerprint density at radius 1 is 1.32 bits per heavy atom. The highest BCUT2D eigenvalue weighted by Crippen LogP contribution is 2.27. The molecule has 1 aliphatic rings. The van der Waals surface area contributed by atoms with Gasteiger partial charge in [0.1, 0.15) is 11.5 Å². The number of urea groups is 1. The molecule has 1 unspecified atom stereocenters. The van der Waals surface area contributed by atoms with E-state index in [2.05, 4.69) is 15.5 Å². The summed E-state index contributed by atoms with van der Waals surface area (Å²) in [4.78, 5) is 27.4. The van der Waals surface area contributed by atoms with Crippen LogP contribution in [0.15, 0.2) is 30.3 Å². The first-order valence-electron chi connectivity index (χ1n) is 8.02. The van der Waals surface area contributed by atoms with Crippen molar-refractivity contribution in [2.45, 2.75) is 12.3 Å². The van der Waals surface area contributed by atoms with Crippen molar-refractivity contribution in [2.75, 3.05) is 32.5 Å². The second-order valence-electron chi connectivity index (χ2n) is 6.28. The van der Waals surface area contributed by atoms with Crippen molar-refractivity contribution in [2.24, 2.45) is 0 Å². The molecule has 3 amide bonds. The predicted octanol–water partition coefficient (Wildman–Crippen LogP) is 2.27. The van der Waals surface area contributed by atoms with Crippen LogP contribution in [-0.2, 0) is 0 Å². The molecule has 0 radical (unpaired) electrons. The molecule has 2 heterocycles. The van der Waals surface area contributed by atoms with Crippen LogP contribution in [0.4, 0.5) is 14.9 Å². The summed E-state index contributed by atoms with van der Waals surface area (Å²) in [6.45, 7) is 1.14.